The predicted molar refractivity (Wildman–Crippen MR) is 78.3 cm³/mol. The summed E-state index contributed by atoms with van der Waals surface area (Å²) in [5.41, 5.74) is 0. The van der Waals surface area contributed by atoms with Gasteiger partial charge in [-0.1, -0.05) is 23.2 Å². The fraction of sp³-hybridized carbons (Fsp3) is 0.500. The summed E-state index contributed by atoms with van der Waals surface area (Å²) in [4.78, 5) is 14.0. The van der Waals surface area contributed by atoms with Gasteiger partial charge in [-0.15, -0.1) is 0 Å². The van der Waals surface area contributed by atoms with Gasteiger partial charge in [0, 0.05) is 35.7 Å². The van der Waals surface area contributed by atoms with Crippen LogP contribution in [0.4, 0.5) is 0 Å². The van der Waals surface area contributed by atoms with Crippen LogP contribution in [0.2, 0.25) is 10.0 Å². The molecule has 1 amide bonds. The van der Waals surface area contributed by atoms with Gasteiger partial charge < -0.3 is 14.7 Å². The van der Waals surface area contributed by atoms with Crippen molar-refractivity contribution in [2.45, 2.75) is 19.4 Å². The molecule has 1 aliphatic rings. The van der Waals surface area contributed by atoms with E-state index in [1.807, 2.05) is 0 Å². The lowest BCUT2D eigenvalue weighted by atomic mass is 10.1. The summed E-state index contributed by atoms with van der Waals surface area (Å²) in [7, 11) is 0. The lowest BCUT2D eigenvalue weighted by Gasteiger charge is -2.21. The molecular formula is C14H17Cl2NO3. The number of likely N-dealkylation sites (tertiary alicyclic amines) is 1. The molecule has 6 heteroatoms. The molecule has 0 saturated carbocycles. The topological polar surface area (TPSA) is 49.8 Å². The van der Waals surface area contributed by atoms with Gasteiger partial charge in [0.2, 0.25) is 0 Å². The highest BCUT2D eigenvalue weighted by Gasteiger charge is 2.29. The van der Waals surface area contributed by atoms with Crippen LogP contribution >= 0.6 is 23.2 Å². The van der Waals surface area contributed by atoms with Crippen LogP contribution in [-0.4, -0.2) is 41.7 Å². The second kappa shape index (κ2) is 6.66. The van der Waals surface area contributed by atoms with E-state index < -0.39 is 6.10 Å². The van der Waals surface area contributed by atoms with Gasteiger partial charge in [-0.05, 0) is 31.5 Å². The molecule has 1 fully saturated rings. The second-order valence-electron chi connectivity index (χ2n) is 4.99. The average molecular weight is 318 g/mol. The standard InChI is InChI=1S/C14H17Cl2NO3/c1-9(14(19)17-3-2-10(7-17)8-18)20-13-5-11(15)4-12(16)6-13/h4-6,9-10,18H,2-3,7-8H2,1H3. The Morgan fingerprint density at radius 3 is 2.65 bits per heavy atom. The Morgan fingerprint density at radius 2 is 2.10 bits per heavy atom. The van der Waals surface area contributed by atoms with E-state index in [9.17, 15) is 4.79 Å². The number of aliphatic hydroxyl groups excluding tert-OH is 1. The fourth-order valence-electron chi connectivity index (χ4n) is 2.29. The molecule has 1 N–H and O–H groups in total. The summed E-state index contributed by atoms with van der Waals surface area (Å²) >= 11 is 11.8. The molecule has 0 spiro atoms. The van der Waals surface area contributed by atoms with Gasteiger partial charge in [0.15, 0.2) is 6.10 Å². The molecule has 2 unspecified atom stereocenters. The molecular weight excluding hydrogens is 301 g/mol. The van der Waals surface area contributed by atoms with Crippen molar-refractivity contribution >= 4 is 29.1 Å². The Bertz CT molecular complexity index is 475. The molecule has 1 aromatic rings. The van der Waals surface area contributed by atoms with Gasteiger partial charge in [-0.25, -0.2) is 0 Å². The zero-order valence-corrected chi connectivity index (χ0v) is 12.7. The number of nitrogens with zero attached hydrogens (tertiary/aromatic N) is 1. The molecule has 0 radical (unpaired) electrons. The van der Waals surface area contributed by atoms with E-state index in [0.717, 1.165) is 6.42 Å². The molecule has 2 atom stereocenters. The van der Waals surface area contributed by atoms with Crippen molar-refractivity contribution in [1.29, 1.82) is 0 Å². The van der Waals surface area contributed by atoms with Gasteiger partial charge >= 0.3 is 0 Å². The number of hydrogen-bond acceptors (Lipinski definition) is 3. The number of hydrogen-bond donors (Lipinski definition) is 1. The molecule has 4 nitrogen and oxygen atoms in total. The molecule has 2 rings (SSSR count). The van der Waals surface area contributed by atoms with Crippen LogP contribution in [0.3, 0.4) is 0 Å². The Balaban J connectivity index is 1.97. The second-order valence-corrected chi connectivity index (χ2v) is 5.86. The first-order chi connectivity index (χ1) is 9.49. The molecule has 20 heavy (non-hydrogen) atoms. The largest absolute Gasteiger partial charge is 0.481 e. The van der Waals surface area contributed by atoms with Gasteiger partial charge in [-0.2, -0.15) is 0 Å². The maximum absolute atomic E-state index is 12.2. The van der Waals surface area contributed by atoms with Crippen LogP contribution in [0.15, 0.2) is 18.2 Å². The first-order valence-corrected chi connectivity index (χ1v) is 7.27. The quantitative estimate of drug-likeness (QED) is 0.928. The van der Waals surface area contributed by atoms with Crippen molar-refractivity contribution < 1.29 is 14.6 Å². The molecule has 1 aliphatic heterocycles. The van der Waals surface area contributed by atoms with Gasteiger partial charge in [0.05, 0.1) is 0 Å². The number of aliphatic hydroxyl groups is 1. The Kier molecular flexibility index (Phi) is 5.13. The van der Waals surface area contributed by atoms with Crippen molar-refractivity contribution in [3.8, 4) is 5.75 Å². The Labute approximate surface area is 128 Å². The van der Waals surface area contributed by atoms with E-state index in [1.165, 1.54) is 0 Å². The number of amides is 1. The smallest absolute Gasteiger partial charge is 0.263 e. The van der Waals surface area contributed by atoms with Crippen LogP contribution in [0.1, 0.15) is 13.3 Å². The monoisotopic (exact) mass is 317 g/mol. The van der Waals surface area contributed by atoms with Crippen LogP contribution in [-0.2, 0) is 4.79 Å². The van der Waals surface area contributed by atoms with Crippen LogP contribution < -0.4 is 4.74 Å². The normalized spacial score (nSPS) is 20.0. The van der Waals surface area contributed by atoms with E-state index in [-0.39, 0.29) is 18.4 Å². The number of carbonyl (C=O) groups excluding carboxylic acids is 1. The number of ether oxygens (including phenoxy) is 1. The summed E-state index contributed by atoms with van der Waals surface area (Å²) in [6.45, 7) is 3.06. The van der Waals surface area contributed by atoms with Gasteiger partial charge in [0.25, 0.3) is 5.91 Å². The molecule has 1 aromatic carbocycles. The van der Waals surface area contributed by atoms with E-state index >= 15 is 0 Å². The van der Waals surface area contributed by atoms with Crippen molar-refractivity contribution in [3.05, 3.63) is 28.2 Å². The third-order valence-corrected chi connectivity index (χ3v) is 3.79. The van der Waals surface area contributed by atoms with Crippen molar-refractivity contribution in [2.24, 2.45) is 5.92 Å². The zero-order valence-electron chi connectivity index (χ0n) is 11.2. The predicted octanol–water partition coefficient (Wildman–Crippen LogP) is 2.60. The fourth-order valence-corrected chi connectivity index (χ4v) is 2.80. The molecule has 0 bridgehead atoms. The summed E-state index contributed by atoms with van der Waals surface area (Å²) < 4.78 is 5.60. The first-order valence-electron chi connectivity index (χ1n) is 6.52. The molecule has 110 valence electrons. The third kappa shape index (κ3) is 3.78. The van der Waals surface area contributed by atoms with Crippen molar-refractivity contribution in [3.63, 3.8) is 0 Å². The van der Waals surface area contributed by atoms with Crippen LogP contribution in [0.5, 0.6) is 5.75 Å². The van der Waals surface area contributed by atoms with Gasteiger partial charge in [-0.3, -0.25) is 4.79 Å². The summed E-state index contributed by atoms with van der Waals surface area (Å²) in [5, 5.41) is 10.0. The highest BCUT2D eigenvalue weighted by atomic mass is 35.5. The van der Waals surface area contributed by atoms with E-state index in [2.05, 4.69) is 0 Å². The zero-order chi connectivity index (χ0) is 14.7. The van der Waals surface area contributed by atoms with Crippen molar-refractivity contribution in [1.82, 2.24) is 4.90 Å². The first kappa shape index (κ1) is 15.4. The average Bonchev–Trinajstić information content (AvgIpc) is 2.85. The lowest BCUT2D eigenvalue weighted by Crippen LogP contribution is -2.39. The number of carbonyl (C=O) groups is 1. The third-order valence-electron chi connectivity index (χ3n) is 3.35. The minimum Gasteiger partial charge on any atom is -0.481 e. The maximum Gasteiger partial charge on any atom is 0.263 e. The van der Waals surface area contributed by atoms with Crippen LogP contribution in [0, 0.1) is 5.92 Å². The van der Waals surface area contributed by atoms with Gasteiger partial charge in [0.1, 0.15) is 5.75 Å². The minimum atomic E-state index is -0.609. The summed E-state index contributed by atoms with van der Waals surface area (Å²) in [6, 6.07) is 4.85. The van der Waals surface area contributed by atoms with E-state index in [1.54, 1.807) is 30.0 Å². The lowest BCUT2D eigenvalue weighted by molar-refractivity contribution is -0.137. The highest BCUT2D eigenvalue weighted by Crippen LogP contribution is 2.25. The number of halogens is 2. The Morgan fingerprint density at radius 1 is 1.45 bits per heavy atom. The Hall–Kier alpha value is -0.970. The maximum atomic E-state index is 12.2. The number of benzene rings is 1. The minimum absolute atomic E-state index is 0.0861. The molecule has 0 aromatic heterocycles. The molecule has 1 heterocycles. The highest BCUT2D eigenvalue weighted by molar-refractivity contribution is 6.34. The van der Waals surface area contributed by atoms with Crippen molar-refractivity contribution in [2.75, 3.05) is 19.7 Å². The molecule has 1 saturated heterocycles. The van der Waals surface area contributed by atoms with E-state index in [0.29, 0.717) is 28.9 Å². The number of rotatable bonds is 4. The SMILES string of the molecule is CC(Oc1cc(Cl)cc(Cl)c1)C(=O)N1CCC(CO)C1. The summed E-state index contributed by atoms with van der Waals surface area (Å²) in [5.74, 6) is 0.560. The van der Waals surface area contributed by atoms with E-state index in [4.69, 9.17) is 33.0 Å². The molecule has 0 aliphatic carbocycles. The van der Waals surface area contributed by atoms with Crippen LogP contribution in [0.25, 0.3) is 0 Å². The summed E-state index contributed by atoms with van der Waals surface area (Å²) in [6.07, 6.45) is 0.222.